The maximum atomic E-state index is 13.4. The molecule has 0 aliphatic carbocycles. The van der Waals surface area contributed by atoms with Crippen LogP contribution in [0.5, 0.6) is 0 Å². The molecule has 0 bridgehead atoms. The summed E-state index contributed by atoms with van der Waals surface area (Å²) in [7, 11) is 2.08. The van der Waals surface area contributed by atoms with Gasteiger partial charge in [-0.15, -0.1) is 0 Å². The Kier molecular flexibility index (Phi) is 4.32. The maximum Gasteiger partial charge on any atom is 0.268 e. The van der Waals surface area contributed by atoms with Gasteiger partial charge in [-0.2, -0.15) is 0 Å². The molecule has 5 nitrogen and oxygen atoms in total. The van der Waals surface area contributed by atoms with Crippen molar-refractivity contribution >= 4 is 23.0 Å². The van der Waals surface area contributed by atoms with Gasteiger partial charge in [-0.25, -0.2) is 4.39 Å². The van der Waals surface area contributed by atoms with Crippen molar-refractivity contribution in [3.05, 3.63) is 59.4 Å². The van der Waals surface area contributed by atoms with Gasteiger partial charge in [-0.05, 0) is 48.7 Å². The number of benzene rings is 2. The Hall–Kier alpha value is -2.89. The molecule has 2 aromatic rings. The Labute approximate surface area is 151 Å². The van der Waals surface area contributed by atoms with Gasteiger partial charge in [0.1, 0.15) is 5.82 Å². The number of carbonyl (C=O) groups is 1. The third-order valence-corrected chi connectivity index (χ3v) is 4.82. The minimum absolute atomic E-state index is 0.246. The van der Waals surface area contributed by atoms with Gasteiger partial charge in [0.25, 0.3) is 5.91 Å². The minimum Gasteiger partial charge on any atom is -0.382 e. The number of fused-ring (bicyclic) bond motifs is 1. The molecule has 6 heteroatoms. The van der Waals surface area contributed by atoms with E-state index >= 15 is 0 Å². The Bertz CT molecular complexity index is 881. The Morgan fingerprint density at radius 1 is 1.31 bits per heavy atom. The van der Waals surface area contributed by atoms with E-state index in [-0.39, 0.29) is 11.7 Å². The molecule has 2 aromatic carbocycles. The lowest BCUT2D eigenvalue weighted by Crippen LogP contribution is -2.28. The second kappa shape index (κ2) is 6.78. The van der Waals surface area contributed by atoms with Gasteiger partial charge >= 0.3 is 0 Å². The predicted molar refractivity (Wildman–Crippen MR) is 99.1 cm³/mol. The van der Waals surface area contributed by atoms with Crippen molar-refractivity contribution in [1.82, 2.24) is 0 Å². The lowest BCUT2D eigenvalue weighted by atomic mass is 10.0. The normalized spacial score (nSPS) is 18.8. The number of halogens is 1. The molecule has 4 rings (SSSR count). The fourth-order valence-electron chi connectivity index (χ4n) is 3.44. The zero-order valence-electron chi connectivity index (χ0n) is 14.5. The molecule has 0 aromatic heterocycles. The number of amides is 1. The van der Waals surface area contributed by atoms with Gasteiger partial charge in [-0.3, -0.25) is 4.79 Å². The van der Waals surface area contributed by atoms with Crippen molar-refractivity contribution in [3.63, 3.8) is 0 Å². The van der Waals surface area contributed by atoms with Crippen LogP contribution in [0.2, 0.25) is 0 Å². The Balaban J connectivity index is 1.42. The van der Waals surface area contributed by atoms with E-state index in [4.69, 9.17) is 4.84 Å². The maximum absolute atomic E-state index is 13.4. The molecule has 2 aliphatic heterocycles. The van der Waals surface area contributed by atoms with E-state index in [2.05, 4.69) is 22.4 Å². The van der Waals surface area contributed by atoms with Gasteiger partial charge in [0.05, 0.1) is 5.71 Å². The van der Waals surface area contributed by atoms with Crippen LogP contribution in [0.4, 0.5) is 15.8 Å². The van der Waals surface area contributed by atoms with E-state index in [9.17, 15) is 9.18 Å². The van der Waals surface area contributed by atoms with Crippen LogP contribution in [0.3, 0.4) is 0 Å². The number of aryl methyl sites for hydroxylation is 1. The van der Waals surface area contributed by atoms with Crippen LogP contribution in [-0.2, 0) is 16.1 Å². The van der Waals surface area contributed by atoms with Crippen molar-refractivity contribution < 1.29 is 14.0 Å². The first-order valence-electron chi connectivity index (χ1n) is 8.74. The molecule has 134 valence electrons. The van der Waals surface area contributed by atoms with Crippen molar-refractivity contribution in [2.45, 2.75) is 25.4 Å². The van der Waals surface area contributed by atoms with Gasteiger partial charge in [-0.1, -0.05) is 17.3 Å². The smallest absolute Gasteiger partial charge is 0.268 e. The van der Waals surface area contributed by atoms with Crippen LogP contribution in [0.1, 0.15) is 24.0 Å². The number of hydrogen-bond acceptors (Lipinski definition) is 4. The van der Waals surface area contributed by atoms with Crippen LogP contribution in [0, 0.1) is 5.82 Å². The summed E-state index contributed by atoms with van der Waals surface area (Å²) in [5.41, 5.74) is 4.42. The lowest BCUT2D eigenvalue weighted by molar-refractivity contribution is -0.125. The first kappa shape index (κ1) is 16.6. The second-order valence-corrected chi connectivity index (χ2v) is 6.70. The van der Waals surface area contributed by atoms with Crippen molar-refractivity contribution in [3.8, 4) is 0 Å². The number of anilines is 2. The highest BCUT2D eigenvalue weighted by Gasteiger charge is 2.29. The number of carbonyl (C=O) groups excluding carboxylic acids is 1. The van der Waals surface area contributed by atoms with Gasteiger partial charge in [0, 0.05) is 37.0 Å². The summed E-state index contributed by atoms with van der Waals surface area (Å²) in [6.45, 7) is 1.05. The van der Waals surface area contributed by atoms with Gasteiger partial charge < -0.3 is 15.1 Å². The summed E-state index contributed by atoms with van der Waals surface area (Å²) < 4.78 is 13.4. The van der Waals surface area contributed by atoms with Crippen LogP contribution in [0.15, 0.2) is 47.6 Å². The average Bonchev–Trinajstić information content (AvgIpc) is 3.12. The van der Waals surface area contributed by atoms with Gasteiger partial charge in [0.15, 0.2) is 0 Å². The number of nitrogens with zero attached hydrogens (tertiary/aromatic N) is 2. The zero-order valence-corrected chi connectivity index (χ0v) is 14.5. The fraction of sp³-hybridized carbons (Fsp3) is 0.300. The fourth-order valence-corrected chi connectivity index (χ4v) is 3.44. The minimum atomic E-state index is -0.702. The summed E-state index contributed by atoms with van der Waals surface area (Å²) in [4.78, 5) is 20.0. The third-order valence-electron chi connectivity index (χ3n) is 4.82. The van der Waals surface area contributed by atoms with Crippen molar-refractivity contribution in [2.24, 2.45) is 5.16 Å². The standard InChI is InChI=1S/C20H20FN3O2/c1-24-9-3-5-14-11-16(7-8-18(14)24)22-20(25)19-12-17(23-26-19)13-4-2-6-15(21)10-13/h2,4,6-8,10-11,19H,3,5,9,12H2,1H3,(H,22,25)/t19-/m1/s1. The second-order valence-electron chi connectivity index (χ2n) is 6.70. The zero-order chi connectivity index (χ0) is 18.1. The lowest BCUT2D eigenvalue weighted by Gasteiger charge is -2.27. The van der Waals surface area contributed by atoms with E-state index in [1.54, 1.807) is 12.1 Å². The van der Waals surface area contributed by atoms with E-state index in [1.165, 1.54) is 23.4 Å². The van der Waals surface area contributed by atoms with Crippen LogP contribution in [0.25, 0.3) is 0 Å². The molecule has 0 fully saturated rings. The predicted octanol–water partition coefficient (Wildman–Crippen LogP) is 3.34. The molecule has 1 atom stereocenters. The molecule has 0 saturated carbocycles. The van der Waals surface area contributed by atoms with Crippen molar-refractivity contribution in [1.29, 1.82) is 0 Å². The number of rotatable bonds is 3. The summed E-state index contributed by atoms with van der Waals surface area (Å²) in [6, 6.07) is 12.1. The van der Waals surface area contributed by atoms with Crippen LogP contribution >= 0.6 is 0 Å². The Morgan fingerprint density at radius 2 is 2.19 bits per heavy atom. The van der Waals surface area contributed by atoms with Crippen LogP contribution in [-0.4, -0.2) is 31.3 Å². The van der Waals surface area contributed by atoms with E-state index in [1.807, 2.05) is 18.2 Å². The largest absolute Gasteiger partial charge is 0.382 e. The van der Waals surface area contributed by atoms with E-state index in [0.29, 0.717) is 17.7 Å². The molecule has 0 unspecified atom stereocenters. The molecule has 0 spiro atoms. The molecule has 0 saturated heterocycles. The highest BCUT2D eigenvalue weighted by Crippen LogP contribution is 2.29. The monoisotopic (exact) mass is 353 g/mol. The number of nitrogens with one attached hydrogen (secondary N) is 1. The molecule has 2 aliphatic rings. The average molecular weight is 353 g/mol. The quantitative estimate of drug-likeness (QED) is 0.921. The van der Waals surface area contributed by atoms with Crippen molar-refractivity contribution in [2.75, 3.05) is 23.8 Å². The molecular formula is C20H20FN3O2. The van der Waals surface area contributed by atoms with E-state index in [0.717, 1.165) is 25.1 Å². The highest BCUT2D eigenvalue weighted by molar-refractivity contribution is 6.06. The van der Waals surface area contributed by atoms with E-state index < -0.39 is 6.10 Å². The van der Waals surface area contributed by atoms with Gasteiger partial charge in [0.2, 0.25) is 6.10 Å². The summed E-state index contributed by atoms with van der Waals surface area (Å²) in [5, 5.41) is 6.86. The Morgan fingerprint density at radius 3 is 3.04 bits per heavy atom. The first-order valence-corrected chi connectivity index (χ1v) is 8.74. The number of oxime groups is 1. The van der Waals surface area contributed by atoms with Crippen LogP contribution < -0.4 is 10.2 Å². The molecule has 2 heterocycles. The first-order chi connectivity index (χ1) is 12.6. The summed E-state index contributed by atoms with van der Waals surface area (Å²) in [6.07, 6.45) is 1.74. The highest BCUT2D eigenvalue weighted by atomic mass is 19.1. The summed E-state index contributed by atoms with van der Waals surface area (Å²) >= 11 is 0. The molecule has 0 radical (unpaired) electrons. The SMILES string of the molecule is CN1CCCc2cc(NC(=O)[C@H]3CC(c4cccc(F)c4)=NO3)ccc21. The molecule has 1 amide bonds. The molecule has 26 heavy (non-hydrogen) atoms. The number of hydrogen-bond donors (Lipinski definition) is 1. The third kappa shape index (κ3) is 3.27. The molecule has 1 N–H and O–H groups in total. The summed E-state index contributed by atoms with van der Waals surface area (Å²) in [5.74, 6) is -0.582. The molecular weight excluding hydrogens is 333 g/mol. The topological polar surface area (TPSA) is 53.9 Å².